The fourth-order valence-electron chi connectivity index (χ4n) is 2.32. The third kappa shape index (κ3) is 4.02. The standard InChI is InChI=1S/C15H22FN3/c1-4-14(18)15(19(3)10-11(2)9-17)12-7-5-6-8-13(12)16/h5-8,11,14-15H,4,10,18H2,1-3H3. The van der Waals surface area contributed by atoms with Gasteiger partial charge in [0.05, 0.1) is 18.0 Å². The third-order valence-corrected chi connectivity index (χ3v) is 3.36. The van der Waals surface area contributed by atoms with E-state index in [1.807, 2.05) is 31.9 Å². The Morgan fingerprint density at radius 2 is 2.05 bits per heavy atom. The summed E-state index contributed by atoms with van der Waals surface area (Å²) in [4.78, 5) is 1.97. The molecular weight excluding hydrogens is 241 g/mol. The van der Waals surface area contributed by atoms with E-state index in [4.69, 9.17) is 11.0 Å². The van der Waals surface area contributed by atoms with E-state index in [1.165, 1.54) is 6.07 Å². The van der Waals surface area contributed by atoms with E-state index in [-0.39, 0.29) is 23.8 Å². The number of benzene rings is 1. The minimum absolute atomic E-state index is 0.108. The lowest BCUT2D eigenvalue weighted by molar-refractivity contribution is 0.192. The van der Waals surface area contributed by atoms with Crippen molar-refractivity contribution in [1.29, 1.82) is 5.26 Å². The molecule has 0 amide bonds. The summed E-state index contributed by atoms with van der Waals surface area (Å²) in [6.45, 7) is 4.41. The summed E-state index contributed by atoms with van der Waals surface area (Å²) in [5.74, 6) is -0.351. The molecule has 0 aliphatic rings. The summed E-state index contributed by atoms with van der Waals surface area (Å²) in [6.07, 6.45) is 0.754. The summed E-state index contributed by atoms with van der Waals surface area (Å²) in [6, 6.07) is 8.54. The van der Waals surface area contributed by atoms with Gasteiger partial charge in [-0.05, 0) is 26.5 Å². The van der Waals surface area contributed by atoms with E-state index in [0.29, 0.717) is 12.1 Å². The van der Waals surface area contributed by atoms with Gasteiger partial charge in [-0.25, -0.2) is 4.39 Å². The molecule has 0 aliphatic heterocycles. The van der Waals surface area contributed by atoms with Crippen LogP contribution in [0, 0.1) is 23.1 Å². The summed E-state index contributed by atoms with van der Waals surface area (Å²) >= 11 is 0. The van der Waals surface area contributed by atoms with Crippen LogP contribution in [0.25, 0.3) is 0 Å². The molecule has 0 saturated heterocycles. The van der Waals surface area contributed by atoms with Crippen molar-refractivity contribution >= 4 is 0 Å². The number of hydrogen-bond donors (Lipinski definition) is 1. The summed E-state index contributed by atoms with van der Waals surface area (Å²) in [5.41, 5.74) is 6.75. The number of halogens is 1. The smallest absolute Gasteiger partial charge is 0.128 e. The quantitative estimate of drug-likeness (QED) is 0.858. The Kier molecular flexibility index (Phi) is 5.94. The van der Waals surface area contributed by atoms with Crippen LogP contribution in [0.3, 0.4) is 0 Å². The zero-order valence-corrected chi connectivity index (χ0v) is 11.8. The van der Waals surface area contributed by atoms with Crippen LogP contribution in [0.5, 0.6) is 0 Å². The van der Waals surface area contributed by atoms with Crippen LogP contribution < -0.4 is 5.73 Å². The van der Waals surface area contributed by atoms with E-state index in [0.717, 1.165) is 6.42 Å². The molecule has 4 heteroatoms. The molecule has 3 nitrogen and oxygen atoms in total. The van der Waals surface area contributed by atoms with Gasteiger partial charge >= 0.3 is 0 Å². The maximum atomic E-state index is 14.0. The number of rotatable bonds is 6. The molecule has 1 aromatic carbocycles. The molecule has 0 aromatic heterocycles. The van der Waals surface area contributed by atoms with E-state index in [2.05, 4.69) is 6.07 Å². The highest BCUT2D eigenvalue weighted by atomic mass is 19.1. The van der Waals surface area contributed by atoms with Gasteiger partial charge in [-0.15, -0.1) is 0 Å². The average Bonchev–Trinajstić information content (AvgIpc) is 2.40. The molecule has 1 rings (SSSR count). The lowest BCUT2D eigenvalue weighted by Crippen LogP contribution is -2.40. The van der Waals surface area contributed by atoms with Gasteiger partial charge in [0.2, 0.25) is 0 Å². The normalized spacial score (nSPS) is 15.8. The predicted molar refractivity (Wildman–Crippen MR) is 74.8 cm³/mol. The van der Waals surface area contributed by atoms with Gasteiger partial charge in [0.15, 0.2) is 0 Å². The van der Waals surface area contributed by atoms with Gasteiger partial charge in [0.25, 0.3) is 0 Å². The van der Waals surface area contributed by atoms with Crippen molar-refractivity contribution in [3.63, 3.8) is 0 Å². The molecule has 0 saturated carbocycles. The maximum absolute atomic E-state index is 14.0. The first-order valence-electron chi connectivity index (χ1n) is 6.61. The average molecular weight is 263 g/mol. The SMILES string of the molecule is CCC(N)C(c1ccccc1F)N(C)CC(C)C#N. The molecule has 2 N–H and O–H groups in total. The van der Waals surface area contributed by atoms with Crippen LogP contribution in [0.4, 0.5) is 4.39 Å². The zero-order chi connectivity index (χ0) is 14.4. The summed E-state index contributed by atoms with van der Waals surface area (Å²) < 4.78 is 14.0. The Hall–Kier alpha value is -1.44. The number of nitrogens with two attached hydrogens (primary N) is 1. The van der Waals surface area contributed by atoms with E-state index < -0.39 is 0 Å². The molecule has 19 heavy (non-hydrogen) atoms. The van der Waals surface area contributed by atoms with E-state index in [1.54, 1.807) is 12.1 Å². The highest BCUT2D eigenvalue weighted by molar-refractivity contribution is 5.23. The first kappa shape index (κ1) is 15.6. The van der Waals surface area contributed by atoms with E-state index >= 15 is 0 Å². The van der Waals surface area contributed by atoms with Crippen molar-refractivity contribution in [2.45, 2.75) is 32.4 Å². The van der Waals surface area contributed by atoms with Crippen molar-refractivity contribution in [3.05, 3.63) is 35.6 Å². The molecule has 3 unspecified atom stereocenters. The number of nitrogens with zero attached hydrogens (tertiary/aromatic N) is 2. The van der Waals surface area contributed by atoms with Crippen molar-refractivity contribution < 1.29 is 4.39 Å². The molecule has 0 heterocycles. The van der Waals surface area contributed by atoms with Crippen LogP contribution in [0.2, 0.25) is 0 Å². The second-order valence-electron chi connectivity index (χ2n) is 5.01. The van der Waals surface area contributed by atoms with Crippen LogP contribution in [-0.2, 0) is 0 Å². The number of likely N-dealkylation sites (N-methyl/N-ethyl adjacent to an activating group) is 1. The van der Waals surface area contributed by atoms with Gasteiger partial charge in [-0.2, -0.15) is 5.26 Å². The Morgan fingerprint density at radius 3 is 2.58 bits per heavy atom. The summed E-state index contributed by atoms with van der Waals surface area (Å²) in [5, 5.41) is 8.90. The second-order valence-corrected chi connectivity index (χ2v) is 5.01. The van der Waals surface area contributed by atoms with Crippen LogP contribution in [0.1, 0.15) is 31.9 Å². The Balaban J connectivity index is 3.02. The Bertz CT molecular complexity index is 441. The molecular formula is C15H22FN3. The van der Waals surface area contributed by atoms with Gasteiger partial charge < -0.3 is 5.73 Å². The minimum Gasteiger partial charge on any atom is -0.326 e. The molecule has 104 valence electrons. The van der Waals surface area contributed by atoms with Crippen LogP contribution in [-0.4, -0.2) is 24.5 Å². The predicted octanol–water partition coefficient (Wildman–Crippen LogP) is 2.70. The highest BCUT2D eigenvalue weighted by Crippen LogP contribution is 2.26. The highest BCUT2D eigenvalue weighted by Gasteiger charge is 2.26. The van der Waals surface area contributed by atoms with Gasteiger partial charge in [0.1, 0.15) is 5.82 Å². The molecule has 0 spiro atoms. The summed E-state index contributed by atoms with van der Waals surface area (Å²) in [7, 11) is 1.89. The number of nitriles is 1. The van der Waals surface area contributed by atoms with Crippen molar-refractivity contribution in [3.8, 4) is 6.07 Å². The van der Waals surface area contributed by atoms with Crippen molar-refractivity contribution in [2.24, 2.45) is 11.7 Å². The maximum Gasteiger partial charge on any atom is 0.128 e. The molecule has 1 aromatic rings. The first-order chi connectivity index (χ1) is 9.01. The number of hydrogen-bond acceptors (Lipinski definition) is 3. The van der Waals surface area contributed by atoms with Gasteiger partial charge in [-0.1, -0.05) is 25.1 Å². The fraction of sp³-hybridized carbons (Fsp3) is 0.533. The molecule has 0 radical (unpaired) electrons. The third-order valence-electron chi connectivity index (χ3n) is 3.36. The van der Waals surface area contributed by atoms with Crippen LogP contribution in [0.15, 0.2) is 24.3 Å². The molecule has 0 bridgehead atoms. The molecule has 3 atom stereocenters. The fourth-order valence-corrected chi connectivity index (χ4v) is 2.32. The van der Waals surface area contributed by atoms with Gasteiger partial charge in [-0.3, -0.25) is 4.90 Å². The molecule has 0 aliphatic carbocycles. The van der Waals surface area contributed by atoms with Crippen molar-refractivity contribution in [1.82, 2.24) is 4.90 Å². The van der Waals surface area contributed by atoms with Crippen molar-refractivity contribution in [2.75, 3.05) is 13.6 Å². The first-order valence-corrected chi connectivity index (χ1v) is 6.61. The topological polar surface area (TPSA) is 53.0 Å². The van der Waals surface area contributed by atoms with E-state index in [9.17, 15) is 4.39 Å². The zero-order valence-electron chi connectivity index (χ0n) is 11.8. The Labute approximate surface area is 114 Å². The molecule has 0 fully saturated rings. The minimum atomic E-state index is -0.243. The lowest BCUT2D eigenvalue weighted by Gasteiger charge is -2.33. The lowest BCUT2D eigenvalue weighted by atomic mass is 9.95. The Morgan fingerprint density at radius 1 is 1.42 bits per heavy atom. The van der Waals surface area contributed by atoms with Gasteiger partial charge in [0, 0.05) is 18.2 Å². The largest absolute Gasteiger partial charge is 0.326 e. The van der Waals surface area contributed by atoms with Crippen LogP contribution >= 0.6 is 0 Å². The second kappa shape index (κ2) is 7.22. The monoisotopic (exact) mass is 263 g/mol.